The number of carbonyl (C=O) groups excluding carboxylic acids is 2. The van der Waals surface area contributed by atoms with Gasteiger partial charge in [0.05, 0.1) is 4.90 Å². The van der Waals surface area contributed by atoms with Gasteiger partial charge in [0.1, 0.15) is 0 Å². The van der Waals surface area contributed by atoms with Crippen LogP contribution in [-0.2, 0) is 14.8 Å². The molecule has 2 aliphatic rings. The highest BCUT2D eigenvalue weighted by atomic mass is 35.5. The quantitative estimate of drug-likeness (QED) is 0.685. The first-order valence-corrected chi connectivity index (χ1v) is 12.3. The molecule has 0 aromatic heterocycles. The van der Waals surface area contributed by atoms with Crippen LogP contribution in [0.25, 0.3) is 0 Å². The van der Waals surface area contributed by atoms with Crippen molar-refractivity contribution in [1.82, 2.24) is 19.8 Å². The molecule has 2 fully saturated rings. The monoisotopic (exact) mass is 456 g/mol. The van der Waals surface area contributed by atoms with E-state index in [4.69, 9.17) is 11.6 Å². The summed E-state index contributed by atoms with van der Waals surface area (Å²) >= 11 is 5.84. The third-order valence-electron chi connectivity index (χ3n) is 5.59. The molecule has 1 aliphatic heterocycles. The maximum absolute atomic E-state index is 12.4. The standard InChI is InChI=1S/C20H29ClN4O4S/c21-16-5-4-8-18(15-16)30(28,29)22-10-9-19(26)24-11-13-25(14-12-24)20(27)23-17-6-2-1-3-7-17/h4-5,8,15,17,22H,1-3,6-7,9-14H2,(H,23,27). The molecule has 1 aromatic rings. The lowest BCUT2D eigenvalue weighted by atomic mass is 9.96. The summed E-state index contributed by atoms with van der Waals surface area (Å²) in [7, 11) is -3.71. The Bertz CT molecular complexity index is 850. The average Bonchev–Trinajstić information content (AvgIpc) is 2.74. The highest BCUT2D eigenvalue weighted by Crippen LogP contribution is 2.18. The molecule has 1 heterocycles. The summed E-state index contributed by atoms with van der Waals surface area (Å²) in [6.45, 7) is 1.89. The molecule has 166 valence electrons. The fourth-order valence-corrected chi connectivity index (χ4v) is 5.17. The van der Waals surface area contributed by atoms with Crippen LogP contribution in [0.5, 0.6) is 0 Å². The van der Waals surface area contributed by atoms with Crippen LogP contribution in [0.1, 0.15) is 38.5 Å². The number of sulfonamides is 1. The van der Waals surface area contributed by atoms with Crippen LogP contribution in [0.2, 0.25) is 5.02 Å². The molecule has 0 spiro atoms. The number of piperazine rings is 1. The van der Waals surface area contributed by atoms with E-state index >= 15 is 0 Å². The van der Waals surface area contributed by atoms with Crippen molar-refractivity contribution in [2.45, 2.75) is 49.5 Å². The van der Waals surface area contributed by atoms with Gasteiger partial charge >= 0.3 is 6.03 Å². The smallest absolute Gasteiger partial charge is 0.317 e. The summed E-state index contributed by atoms with van der Waals surface area (Å²) < 4.78 is 27.0. The Morgan fingerprint density at radius 2 is 1.70 bits per heavy atom. The Hall–Kier alpha value is -1.84. The summed E-state index contributed by atoms with van der Waals surface area (Å²) in [4.78, 5) is 28.3. The Balaban J connectivity index is 1.39. The van der Waals surface area contributed by atoms with Gasteiger partial charge in [0, 0.05) is 50.2 Å². The van der Waals surface area contributed by atoms with Crippen molar-refractivity contribution >= 4 is 33.6 Å². The Kier molecular flexibility index (Phi) is 7.96. The molecular formula is C20H29ClN4O4S. The molecule has 0 atom stereocenters. The number of nitrogens with one attached hydrogen (secondary N) is 2. The molecular weight excluding hydrogens is 428 g/mol. The van der Waals surface area contributed by atoms with Crippen LogP contribution >= 0.6 is 11.6 Å². The molecule has 3 rings (SSSR count). The van der Waals surface area contributed by atoms with E-state index in [0.29, 0.717) is 31.2 Å². The number of hydrogen-bond acceptors (Lipinski definition) is 4. The molecule has 0 bridgehead atoms. The van der Waals surface area contributed by atoms with Crippen LogP contribution < -0.4 is 10.0 Å². The SMILES string of the molecule is O=C(CCNS(=O)(=O)c1cccc(Cl)c1)N1CCN(C(=O)NC2CCCCC2)CC1. The molecule has 3 amide bonds. The van der Waals surface area contributed by atoms with E-state index in [-0.39, 0.29) is 35.8 Å². The highest BCUT2D eigenvalue weighted by Gasteiger charge is 2.26. The minimum Gasteiger partial charge on any atom is -0.339 e. The lowest BCUT2D eigenvalue weighted by Crippen LogP contribution is -2.54. The van der Waals surface area contributed by atoms with E-state index < -0.39 is 10.0 Å². The Labute approximate surface area is 183 Å². The fourth-order valence-electron chi connectivity index (χ4n) is 3.84. The Morgan fingerprint density at radius 3 is 2.37 bits per heavy atom. The van der Waals surface area contributed by atoms with Crippen LogP contribution in [0.15, 0.2) is 29.2 Å². The molecule has 30 heavy (non-hydrogen) atoms. The number of urea groups is 1. The number of hydrogen-bond donors (Lipinski definition) is 2. The van der Waals surface area contributed by atoms with Crippen molar-refractivity contribution in [3.63, 3.8) is 0 Å². The lowest BCUT2D eigenvalue weighted by Gasteiger charge is -2.36. The number of rotatable bonds is 6. The van der Waals surface area contributed by atoms with E-state index in [0.717, 1.165) is 25.7 Å². The zero-order valence-electron chi connectivity index (χ0n) is 17.0. The first-order chi connectivity index (χ1) is 14.3. The number of halogens is 1. The minimum atomic E-state index is -3.71. The van der Waals surface area contributed by atoms with Crippen LogP contribution in [0.3, 0.4) is 0 Å². The third kappa shape index (κ3) is 6.33. The van der Waals surface area contributed by atoms with Gasteiger partial charge in [-0.05, 0) is 31.0 Å². The molecule has 1 aromatic carbocycles. The van der Waals surface area contributed by atoms with Crippen molar-refractivity contribution in [3.8, 4) is 0 Å². The second-order valence-corrected chi connectivity index (χ2v) is 9.96. The zero-order valence-corrected chi connectivity index (χ0v) is 18.6. The van der Waals surface area contributed by atoms with Gasteiger partial charge in [-0.2, -0.15) is 0 Å². The molecule has 1 saturated carbocycles. The van der Waals surface area contributed by atoms with Crippen molar-refractivity contribution < 1.29 is 18.0 Å². The van der Waals surface area contributed by atoms with Crippen LogP contribution in [0.4, 0.5) is 4.79 Å². The largest absolute Gasteiger partial charge is 0.339 e. The van der Waals surface area contributed by atoms with Gasteiger partial charge in [0.2, 0.25) is 15.9 Å². The van der Waals surface area contributed by atoms with E-state index in [9.17, 15) is 18.0 Å². The van der Waals surface area contributed by atoms with Crippen LogP contribution in [-0.4, -0.2) is 68.9 Å². The predicted molar refractivity (Wildman–Crippen MR) is 115 cm³/mol. The lowest BCUT2D eigenvalue weighted by molar-refractivity contribution is -0.132. The molecule has 8 nitrogen and oxygen atoms in total. The summed E-state index contributed by atoms with van der Waals surface area (Å²) in [6, 6.07) is 6.18. The number of nitrogens with zero attached hydrogens (tertiary/aromatic N) is 2. The second kappa shape index (κ2) is 10.5. The number of amides is 3. The van der Waals surface area contributed by atoms with Gasteiger partial charge < -0.3 is 15.1 Å². The first-order valence-electron chi connectivity index (χ1n) is 10.4. The van der Waals surface area contributed by atoms with Gasteiger partial charge in [0.25, 0.3) is 0 Å². The predicted octanol–water partition coefficient (Wildman–Crippen LogP) is 2.19. The normalized spacial score (nSPS) is 18.3. The van der Waals surface area contributed by atoms with E-state index in [2.05, 4.69) is 10.0 Å². The summed E-state index contributed by atoms with van der Waals surface area (Å²) in [5.41, 5.74) is 0. The number of benzene rings is 1. The maximum Gasteiger partial charge on any atom is 0.317 e. The van der Waals surface area contributed by atoms with E-state index in [1.54, 1.807) is 21.9 Å². The Morgan fingerprint density at radius 1 is 1.03 bits per heavy atom. The van der Waals surface area contributed by atoms with Gasteiger partial charge in [-0.1, -0.05) is 36.9 Å². The molecule has 2 N–H and O–H groups in total. The first kappa shape index (κ1) is 22.8. The molecule has 0 unspecified atom stereocenters. The van der Waals surface area contributed by atoms with Gasteiger partial charge in [0.15, 0.2) is 0 Å². The summed E-state index contributed by atoms with van der Waals surface area (Å²) in [6.07, 6.45) is 5.70. The highest BCUT2D eigenvalue weighted by molar-refractivity contribution is 7.89. The van der Waals surface area contributed by atoms with Crippen LogP contribution in [0, 0.1) is 0 Å². The minimum absolute atomic E-state index is 0.00998. The topological polar surface area (TPSA) is 98.8 Å². The van der Waals surface area contributed by atoms with Crippen molar-refractivity contribution in [1.29, 1.82) is 0 Å². The fraction of sp³-hybridized carbons (Fsp3) is 0.600. The zero-order chi connectivity index (χ0) is 21.6. The van der Waals surface area contributed by atoms with Crippen molar-refractivity contribution in [2.75, 3.05) is 32.7 Å². The molecule has 1 saturated heterocycles. The van der Waals surface area contributed by atoms with Gasteiger partial charge in [-0.15, -0.1) is 0 Å². The molecule has 10 heteroatoms. The second-order valence-electron chi connectivity index (χ2n) is 7.76. The molecule has 1 aliphatic carbocycles. The van der Waals surface area contributed by atoms with Crippen molar-refractivity contribution in [2.24, 2.45) is 0 Å². The van der Waals surface area contributed by atoms with Crippen molar-refractivity contribution in [3.05, 3.63) is 29.3 Å². The third-order valence-corrected chi connectivity index (χ3v) is 7.28. The summed E-state index contributed by atoms with van der Waals surface area (Å²) in [5, 5.41) is 3.43. The van der Waals surface area contributed by atoms with Gasteiger partial charge in [-0.25, -0.2) is 17.9 Å². The van der Waals surface area contributed by atoms with Gasteiger partial charge in [-0.3, -0.25) is 4.79 Å². The average molecular weight is 457 g/mol. The summed E-state index contributed by atoms with van der Waals surface area (Å²) in [5.74, 6) is -0.129. The number of carbonyl (C=O) groups is 2. The molecule has 0 radical (unpaired) electrons. The van der Waals surface area contributed by atoms with E-state index in [1.165, 1.54) is 18.6 Å². The van der Waals surface area contributed by atoms with E-state index in [1.807, 2.05) is 0 Å². The maximum atomic E-state index is 12.4.